The maximum Gasteiger partial charge on any atom is 0.339 e. The van der Waals surface area contributed by atoms with Crippen LogP contribution in [0.25, 0.3) is 22.6 Å². The van der Waals surface area contributed by atoms with Crippen molar-refractivity contribution in [2.45, 2.75) is 19.4 Å². The molecule has 176 valence electrons. The molecule has 2 aromatic carbocycles. The van der Waals surface area contributed by atoms with Crippen molar-refractivity contribution in [2.75, 3.05) is 0 Å². The largest absolute Gasteiger partial charge is 0.508 e. The Hall–Kier alpha value is -4.46. The first-order valence-electron chi connectivity index (χ1n) is 11.2. The van der Waals surface area contributed by atoms with Gasteiger partial charge in [-0.3, -0.25) is 13.9 Å². The second-order valence-corrected chi connectivity index (χ2v) is 8.54. The second-order valence-electron chi connectivity index (χ2n) is 8.54. The van der Waals surface area contributed by atoms with Crippen molar-refractivity contribution in [3.63, 3.8) is 0 Å². The van der Waals surface area contributed by atoms with Gasteiger partial charge in [0.25, 0.3) is 5.56 Å². The number of para-hydroxylation sites is 1. The third kappa shape index (κ3) is 4.03. The molecule has 1 aliphatic rings. The standard InChI is InChI=1S/C27H23N3O5/c1-29-18(14-23(32)30(2)27(29)34)15-35-26(33)24-20-5-3-4-6-22(20)28-25-17(9-12-21(24)25)13-16-7-10-19(31)11-8-16/h3-8,10-11,13-14,31H,9,12,15H2,1-2H3/b17-13+. The van der Waals surface area contributed by atoms with Crippen LogP contribution in [0.1, 0.15) is 39.3 Å². The summed E-state index contributed by atoms with van der Waals surface area (Å²) >= 11 is 0. The Balaban J connectivity index is 1.55. The molecule has 8 heteroatoms. The molecule has 0 radical (unpaired) electrons. The fraction of sp³-hybridized carbons (Fsp3) is 0.185. The van der Waals surface area contributed by atoms with E-state index in [0.29, 0.717) is 35.0 Å². The molecule has 5 rings (SSSR count). The number of aromatic hydroxyl groups is 1. The number of hydrogen-bond acceptors (Lipinski definition) is 6. The maximum atomic E-state index is 13.4. The van der Waals surface area contributed by atoms with Crippen LogP contribution < -0.4 is 11.2 Å². The molecule has 0 unspecified atom stereocenters. The highest BCUT2D eigenvalue weighted by atomic mass is 16.5. The average molecular weight is 469 g/mol. The third-order valence-corrected chi connectivity index (χ3v) is 6.36. The van der Waals surface area contributed by atoms with Crippen LogP contribution in [0.4, 0.5) is 0 Å². The van der Waals surface area contributed by atoms with Crippen LogP contribution in [0.5, 0.6) is 5.75 Å². The summed E-state index contributed by atoms with van der Waals surface area (Å²) in [6, 6.07) is 15.6. The molecule has 0 saturated carbocycles. The SMILES string of the molecule is Cn1c(COC(=O)c2c3c(nc4ccccc24)/C(=C/c2ccc(O)cc2)CC3)cc(=O)n(C)c1=O. The number of phenols is 1. The van der Waals surface area contributed by atoms with Gasteiger partial charge in [0, 0.05) is 25.5 Å². The summed E-state index contributed by atoms with van der Waals surface area (Å²) in [5, 5.41) is 10.3. The molecule has 35 heavy (non-hydrogen) atoms. The molecule has 1 N–H and O–H groups in total. The number of phenolic OH excluding ortho intramolecular Hbond substituents is 1. The Bertz CT molecular complexity index is 1630. The molecule has 0 saturated heterocycles. The number of allylic oxidation sites excluding steroid dienone is 1. The van der Waals surface area contributed by atoms with Gasteiger partial charge in [0.15, 0.2) is 0 Å². The summed E-state index contributed by atoms with van der Waals surface area (Å²) < 4.78 is 7.91. The lowest BCUT2D eigenvalue weighted by Crippen LogP contribution is -2.38. The quantitative estimate of drug-likeness (QED) is 0.461. The number of ether oxygens (including phenoxy) is 1. The maximum absolute atomic E-state index is 13.4. The van der Waals surface area contributed by atoms with E-state index in [0.717, 1.165) is 27.0 Å². The fourth-order valence-corrected chi connectivity index (χ4v) is 4.41. The number of aromatic nitrogens is 3. The number of esters is 1. The molecule has 0 spiro atoms. The first-order valence-corrected chi connectivity index (χ1v) is 11.2. The van der Waals surface area contributed by atoms with E-state index in [1.165, 1.54) is 24.7 Å². The van der Waals surface area contributed by atoms with E-state index in [4.69, 9.17) is 9.72 Å². The van der Waals surface area contributed by atoms with Crippen LogP contribution in [-0.4, -0.2) is 25.2 Å². The van der Waals surface area contributed by atoms with E-state index in [1.807, 2.05) is 42.5 Å². The zero-order valence-electron chi connectivity index (χ0n) is 19.3. The number of carbonyl (C=O) groups is 1. The van der Waals surface area contributed by atoms with Gasteiger partial charge in [-0.25, -0.2) is 14.6 Å². The van der Waals surface area contributed by atoms with Crippen LogP contribution in [0.2, 0.25) is 0 Å². The van der Waals surface area contributed by atoms with Crippen molar-refractivity contribution in [3.05, 3.63) is 104 Å². The highest BCUT2D eigenvalue weighted by Gasteiger charge is 2.27. The lowest BCUT2D eigenvalue weighted by Gasteiger charge is -2.14. The van der Waals surface area contributed by atoms with Gasteiger partial charge in [0.2, 0.25) is 0 Å². The predicted octanol–water partition coefficient (Wildman–Crippen LogP) is 3.18. The van der Waals surface area contributed by atoms with Crippen molar-refractivity contribution in [1.82, 2.24) is 14.1 Å². The monoisotopic (exact) mass is 469 g/mol. The molecule has 0 bridgehead atoms. The van der Waals surface area contributed by atoms with Crippen LogP contribution in [0.3, 0.4) is 0 Å². The van der Waals surface area contributed by atoms with Gasteiger partial charge < -0.3 is 9.84 Å². The second kappa shape index (κ2) is 8.72. The molecule has 1 aliphatic carbocycles. The van der Waals surface area contributed by atoms with Gasteiger partial charge in [-0.05, 0) is 53.8 Å². The Kier molecular flexibility index (Phi) is 5.56. The third-order valence-electron chi connectivity index (χ3n) is 6.36. The zero-order chi connectivity index (χ0) is 24.7. The molecule has 0 aliphatic heterocycles. The van der Waals surface area contributed by atoms with Crippen molar-refractivity contribution in [3.8, 4) is 5.75 Å². The van der Waals surface area contributed by atoms with E-state index in [9.17, 15) is 19.5 Å². The summed E-state index contributed by atoms with van der Waals surface area (Å²) in [4.78, 5) is 42.5. The Morgan fingerprint density at radius 3 is 2.57 bits per heavy atom. The highest BCUT2D eigenvalue weighted by Crippen LogP contribution is 2.38. The normalized spacial score (nSPS) is 13.8. The van der Waals surface area contributed by atoms with Crippen molar-refractivity contribution < 1.29 is 14.6 Å². The Labute approximate surface area is 200 Å². The highest BCUT2D eigenvalue weighted by molar-refractivity contribution is 6.07. The van der Waals surface area contributed by atoms with E-state index in [2.05, 4.69) is 0 Å². The van der Waals surface area contributed by atoms with Crippen LogP contribution in [0, 0.1) is 0 Å². The van der Waals surface area contributed by atoms with Gasteiger partial charge in [0.1, 0.15) is 12.4 Å². The summed E-state index contributed by atoms with van der Waals surface area (Å²) in [5.41, 5.74) is 4.00. The van der Waals surface area contributed by atoms with Crippen molar-refractivity contribution in [2.24, 2.45) is 14.1 Å². The molecule has 0 amide bonds. The van der Waals surface area contributed by atoms with Crippen molar-refractivity contribution >= 4 is 28.5 Å². The molecule has 0 atom stereocenters. The minimum atomic E-state index is -0.529. The first-order chi connectivity index (χ1) is 16.8. The Morgan fingerprint density at radius 2 is 1.80 bits per heavy atom. The summed E-state index contributed by atoms with van der Waals surface area (Å²) in [6.45, 7) is -0.206. The van der Waals surface area contributed by atoms with E-state index in [-0.39, 0.29) is 12.4 Å². The Morgan fingerprint density at radius 1 is 1.06 bits per heavy atom. The number of pyridine rings is 1. The van der Waals surface area contributed by atoms with Gasteiger partial charge in [0.05, 0.1) is 22.5 Å². The van der Waals surface area contributed by atoms with Gasteiger partial charge in [-0.1, -0.05) is 30.3 Å². The number of fused-ring (bicyclic) bond motifs is 2. The average Bonchev–Trinajstić information content (AvgIpc) is 3.25. The smallest absolute Gasteiger partial charge is 0.339 e. The van der Waals surface area contributed by atoms with Gasteiger partial charge in [-0.2, -0.15) is 0 Å². The molecule has 8 nitrogen and oxygen atoms in total. The van der Waals surface area contributed by atoms with Crippen LogP contribution in [-0.2, 0) is 31.9 Å². The molecule has 2 heterocycles. The number of rotatable bonds is 4. The number of benzene rings is 2. The van der Waals surface area contributed by atoms with E-state index < -0.39 is 17.2 Å². The first kappa shape index (κ1) is 22.3. The van der Waals surface area contributed by atoms with E-state index >= 15 is 0 Å². The zero-order valence-corrected chi connectivity index (χ0v) is 19.3. The summed E-state index contributed by atoms with van der Waals surface area (Å²) in [6.07, 6.45) is 3.35. The summed E-state index contributed by atoms with van der Waals surface area (Å²) in [7, 11) is 2.93. The van der Waals surface area contributed by atoms with E-state index in [1.54, 1.807) is 12.1 Å². The topological polar surface area (TPSA) is 103 Å². The number of nitrogens with zero attached hydrogens (tertiary/aromatic N) is 3. The minimum absolute atomic E-state index is 0.196. The van der Waals surface area contributed by atoms with Crippen LogP contribution >= 0.6 is 0 Å². The van der Waals surface area contributed by atoms with Gasteiger partial charge >= 0.3 is 11.7 Å². The van der Waals surface area contributed by atoms with Crippen molar-refractivity contribution in [1.29, 1.82) is 0 Å². The fourth-order valence-electron chi connectivity index (χ4n) is 4.41. The molecule has 4 aromatic rings. The predicted molar refractivity (Wildman–Crippen MR) is 132 cm³/mol. The lowest BCUT2D eigenvalue weighted by atomic mass is 10.0. The summed E-state index contributed by atoms with van der Waals surface area (Å²) in [5.74, 6) is -0.333. The minimum Gasteiger partial charge on any atom is -0.508 e. The molecule has 0 fully saturated rings. The molecular formula is C27H23N3O5. The number of carbonyl (C=O) groups excluding carboxylic acids is 1. The molecule has 2 aromatic heterocycles. The van der Waals surface area contributed by atoms with Gasteiger partial charge in [-0.15, -0.1) is 0 Å². The molecular weight excluding hydrogens is 446 g/mol. The lowest BCUT2D eigenvalue weighted by molar-refractivity contribution is 0.0464. The number of hydrogen-bond donors (Lipinski definition) is 1. The van der Waals surface area contributed by atoms with Crippen LogP contribution in [0.15, 0.2) is 64.2 Å².